The molecule has 1 amide bonds. The molecule has 7 heteroatoms. The van der Waals surface area contributed by atoms with Crippen LogP contribution in [0.25, 0.3) is 0 Å². The zero-order chi connectivity index (χ0) is 15.0. The van der Waals surface area contributed by atoms with Gasteiger partial charge in [0.25, 0.3) is 0 Å². The van der Waals surface area contributed by atoms with Crippen molar-refractivity contribution in [1.82, 2.24) is 4.90 Å². The van der Waals surface area contributed by atoms with Crippen LogP contribution >= 0.6 is 12.2 Å². The summed E-state index contributed by atoms with van der Waals surface area (Å²) in [5.74, 6) is 0.129. The van der Waals surface area contributed by atoms with Crippen LogP contribution in [0, 0.1) is 5.41 Å². The van der Waals surface area contributed by atoms with Crippen molar-refractivity contribution in [1.29, 1.82) is 0 Å². The summed E-state index contributed by atoms with van der Waals surface area (Å²) in [5.41, 5.74) is 5.10. The monoisotopic (exact) mass is 318 g/mol. The van der Waals surface area contributed by atoms with Crippen molar-refractivity contribution in [3.8, 4) is 0 Å². The van der Waals surface area contributed by atoms with Gasteiger partial charge in [-0.1, -0.05) is 31.5 Å². The molecule has 114 valence electrons. The number of amides is 1. The van der Waals surface area contributed by atoms with Crippen molar-refractivity contribution in [3.63, 3.8) is 0 Å². The predicted octanol–water partition coefficient (Wildman–Crippen LogP) is 0.869. The second kappa shape index (κ2) is 5.60. The van der Waals surface area contributed by atoms with Crippen molar-refractivity contribution in [3.05, 3.63) is 0 Å². The van der Waals surface area contributed by atoms with Crippen molar-refractivity contribution in [2.75, 3.05) is 18.6 Å². The standard InChI is InChI=1S/C13H22N2O3S2/c1-15(10-5-8-20(17,18)9-10)12(16)13(11(14)19)6-3-2-4-7-13/h10H,2-9H2,1H3,(H2,14,19). The summed E-state index contributed by atoms with van der Waals surface area (Å²) in [6.07, 6.45) is 4.87. The molecule has 1 saturated heterocycles. The highest BCUT2D eigenvalue weighted by Crippen LogP contribution is 2.39. The topological polar surface area (TPSA) is 80.5 Å². The van der Waals surface area contributed by atoms with Gasteiger partial charge in [0.1, 0.15) is 0 Å². The first kappa shape index (κ1) is 15.7. The zero-order valence-corrected chi connectivity index (χ0v) is 13.4. The number of carbonyl (C=O) groups is 1. The van der Waals surface area contributed by atoms with E-state index < -0.39 is 15.3 Å². The average Bonchev–Trinajstić information content (AvgIpc) is 2.78. The van der Waals surface area contributed by atoms with Gasteiger partial charge in [0.2, 0.25) is 5.91 Å². The lowest BCUT2D eigenvalue weighted by Crippen LogP contribution is -2.53. The molecule has 1 saturated carbocycles. The number of rotatable bonds is 3. The first-order chi connectivity index (χ1) is 9.28. The summed E-state index contributed by atoms with van der Waals surface area (Å²) >= 11 is 5.15. The van der Waals surface area contributed by atoms with Gasteiger partial charge in [0, 0.05) is 13.1 Å². The molecule has 1 unspecified atom stereocenters. The molecule has 0 aromatic heterocycles. The van der Waals surface area contributed by atoms with Crippen LogP contribution in [-0.4, -0.2) is 48.8 Å². The van der Waals surface area contributed by atoms with Gasteiger partial charge in [-0.05, 0) is 19.3 Å². The number of hydrogen-bond donors (Lipinski definition) is 1. The van der Waals surface area contributed by atoms with Crippen LogP contribution < -0.4 is 5.73 Å². The van der Waals surface area contributed by atoms with E-state index in [0.717, 1.165) is 19.3 Å². The Balaban J connectivity index is 2.18. The van der Waals surface area contributed by atoms with Gasteiger partial charge in [-0.15, -0.1) is 0 Å². The Kier molecular flexibility index (Phi) is 4.39. The summed E-state index contributed by atoms with van der Waals surface area (Å²) in [5, 5.41) is 0. The lowest BCUT2D eigenvalue weighted by molar-refractivity contribution is -0.140. The molecule has 0 bridgehead atoms. The Morgan fingerprint density at radius 1 is 1.30 bits per heavy atom. The number of sulfone groups is 1. The molecule has 1 aliphatic heterocycles. The predicted molar refractivity (Wildman–Crippen MR) is 82.1 cm³/mol. The highest BCUT2D eigenvalue weighted by molar-refractivity contribution is 7.91. The van der Waals surface area contributed by atoms with Gasteiger partial charge in [-0.3, -0.25) is 4.79 Å². The van der Waals surface area contributed by atoms with Crippen molar-refractivity contribution < 1.29 is 13.2 Å². The normalized spacial score (nSPS) is 27.9. The summed E-state index contributed by atoms with van der Waals surface area (Å²) in [6.45, 7) is 0. The minimum Gasteiger partial charge on any atom is -0.392 e. The van der Waals surface area contributed by atoms with Crippen molar-refractivity contribution in [2.45, 2.75) is 44.6 Å². The zero-order valence-electron chi connectivity index (χ0n) is 11.8. The second-order valence-corrected chi connectivity index (χ2v) is 8.65. The van der Waals surface area contributed by atoms with E-state index in [-0.39, 0.29) is 28.4 Å². The van der Waals surface area contributed by atoms with Crippen molar-refractivity contribution >= 4 is 33.0 Å². The summed E-state index contributed by atoms with van der Waals surface area (Å²) in [6, 6.07) is -0.236. The lowest BCUT2D eigenvalue weighted by atomic mass is 9.72. The Morgan fingerprint density at radius 3 is 2.35 bits per heavy atom. The van der Waals surface area contributed by atoms with E-state index in [0.29, 0.717) is 19.3 Å². The van der Waals surface area contributed by atoms with Crippen LogP contribution in [0.5, 0.6) is 0 Å². The van der Waals surface area contributed by atoms with E-state index >= 15 is 0 Å². The number of hydrogen-bond acceptors (Lipinski definition) is 4. The molecule has 0 aromatic rings. The third-order valence-corrected chi connectivity index (χ3v) is 6.81. The van der Waals surface area contributed by atoms with Gasteiger partial charge in [0.15, 0.2) is 9.84 Å². The van der Waals surface area contributed by atoms with E-state index in [1.807, 2.05) is 0 Å². The molecule has 0 aromatic carbocycles. The minimum atomic E-state index is -3.00. The van der Waals surface area contributed by atoms with Crippen LogP contribution in [-0.2, 0) is 14.6 Å². The molecular formula is C13H22N2O3S2. The highest BCUT2D eigenvalue weighted by atomic mass is 32.2. The average molecular weight is 318 g/mol. The van der Waals surface area contributed by atoms with Crippen LogP contribution in [0.4, 0.5) is 0 Å². The molecule has 2 fully saturated rings. The van der Waals surface area contributed by atoms with Gasteiger partial charge in [-0.25, -0.2) is 8.42 Å². The van der Waals surface area contributed by atoms with Crippen LogP contribution in [0.1, 0.15) is 38.5 Å². The molecule has 0 spiro atoms. The maximum atomic E-state index is 12.8. The number of nitrogens with two attached hydrogens (primary N) is 1. The molecule has 2 rings (SSSR count). The number of carbonyl (C=O) groups excluding carboxylic acids is 1. The van der Waals surface area contributed by atoms with Crippen LogP contribution in [0.3, 0.4) is 0 Å². The second-order valence-electron chi connectivity index (χ2n) is 5.98. The molecule has 5 nitrogen and oxygen atoms in total. The summed E-state index contributed by atoms with van der Waals surface area (Å²) in [7, 11) is -1.32. The first-order valence-corrected chi connectivity index (χ1v) is 9.29. The molecule has 2 N–H and O–H groups in total. The molecule has 0 radical (unpaired) electrons. The van der Waals surface area contributed by atoms with Gasteiger partial charge in [-0.2, -0.15) is 0 Å². The first-order valence-electron chi connectivity index (χ1n) is 7.06. The fourth-order valence-corrected chi connectivity index (χ4v) is 5.37. The molecule has 2 aliphatic rings. The third-order valence-electron chi connectivity index (χ3n) is 4.66. The van der Waals surface area contributed by atoms with Crippen LogP contribution in [0.15, 0.2) is 0 Å². The highest BCUT2D eigenvalue weighted by Gasteiger charge is 2.46. The maximum absolute atomic E-state index is 12.8. The molecular weight excluding hydrogens is 296 g/mol. The van der Waals surface area contributed by atoms with Gasteiger partial charge >= 0.3 is 0 Å². The fourth-order valence-electron chi connectivity index (χ4n) is 3.31. The number of thiocarbonyl (C=S) groups is 1. The maximum Gasteiger partial charge on any atom is 0.235 e. The Labute approximate surface area is 125 Å². The fraction of sp³-hybridized carbons (Fsp3) is 0.846. The van der Waals surface area contributed by atoms with E-state index in [2.05, 4.69) is 0 Å². The van der Waals surface area contributed by atoms with E-state index in [4.69, 9.17) is 18.0 Å². The van der Waals surface area contributed by atoms with Crippen LogP contribution in [0.2, 0.25) is 0 Å². The Hall–Kier alpha value is -0.690. The summed E-state index contributed by atoms with van der Waals surface area (Å²) < 4.78 is 23.1. The Bertz CT molecular complexity index is 510. The SMILES string of the molecule is CN(C(=O)C1(C(N)=S)CCCCC1)C1CCS(=O)(=O)C1. The summed E-state index contributed by atoms with van der Waals surface area (Å²) in [4.78, 5) is 14.7. The smallest absolute Gasteiger partial charge is 0.235 e. The minimum absolute atomic E-state index is 0.0582. The quantitative estimate of drug-likeness (QED) is 0.781. The van der Waals surface area contributed by atoms with Gasteiger partial charge in [0.05, 0.1) is 21.9 Å². The van der Waals surface area contributed by atoms with E-state index in [1.54, 1.807) is 11.9 Å². The van der Waals surface area contributed by atoms with E-state index in [9.17, 15) is 13.2 Å². The number of nitrogens with zero attached hydrogens (tertiary/aromatic N) is 1. The van der Waals surface area contributed by atoms with Crippen molar-refractivity contribution in [2.24, 2.45) is 11.1 Å². The van der Waals surface area contributed by atoms with Gasteiger partial charge < -0.3 is 10.6 Å². The molecule has 20 heavy (non-hydrogen) atoms. The molecule has 1 heterocycles. The lowest BCUT2D eigenvalue weighted by Gasteiger charge is -2.39. The Morgan fingerprint density at radius 2 is 1.90 bits per heavy atom. The largest absolute Gasteiger partial charge is 0.392 e. The van der Waals surface area contributed by atoms with E-state index in [1.165, 1.54) is 0 Å². The molecule has 1 atom stereocenters. The third kappa shape index (κ3) is 2.83. The molecule has 1 aliphatic carbocycles.